The fourth-order valence-corrected chi connectivity index (χ4v) is 1.93. The number of hydrogen-bond acceptors (Lipinski definition) is 1. The first-order valence-corrected chi connectivity index (χ1v) is 5.70. The largest absolute Gasteiger partial charge is 0.288 e. The summed E-state index contributed by atoms with van der Waals surface area (Å²) < 4.78 is 27.1. The average Bonchev–Trinajstić information content (AvgIpc) is 2.28. The Morgan fingerprint density at radius 2 is 1.72 bits per heavy atom. The minimum absolute atomic E-state index is 0.0608. The number of rotatable bonds is 2. The molecule has 2 aromatic carbocycles. The zero-order valence-electron chi connectivity index (χ0n) is 8.88. The van der Waals surface area contributed by atoms with Gasteiger partial charge in [0.25, 0.3) is 0 Å². The van der Waals surface area contributed by atoms with Gasteiger partial charge in [0, 0.05) is 5.02 Å². The van der Waals surface area contributed by atoms with Crippen LogP contribution in [0.15, 0.2) is 36.4 Å². The quantitative estimate of drug-likeness (QED) is 0.743. The molecule has 92 valence electrons. The molecule has 0 radical (unpaired) electrons. The van der Waals surface area contributed by atoms with Crippen LogP contribution in [0.5, 0.6) is 0 Å². The zero-order chi connectivity index (χ0) is 13.3. The molecular formula is C13H6Cl2F2O. The molecule has 0 aliphatic heterocycles. The highest BCUT2D eigenvalue weighted by Crippen LogP contribution is 2.24. The average molecular weight is 287 g/mol. The van der Waals surface area contributed by atoms with E-state index < -0.39 is 17.4 Å². The lowest BCUT2D eigenvalue weighted by Gasteiger charge is -2.06. The molecule has 0 bridgehead atoms. The lowest BCUT2D eigenvalue weighted by molar-refractivity contribution is 0.103. The van der Waals surface area contributed by atoms with E-state index in [1.165, 1.54) is 24.3 Å². The third kappa shape index (κ3) is 2.37. The highest BCUT2D eigenvalue weighted by Gasteiger charge is 2.20. The maximum Gasteiger partial charge on any atom is 0.200 e. The van der Waals surface area contributed by atoms with Crippen LogP contribution in [0.1, 0.15) is 15.9 Å². The van der Waals surface area contributed by atoms with Gasteiger partial charge >= 0.3 is 0 Å². The maximum absolute atomic E-state index is 13.6. The normalized spacial score (nSPS) is 10.4. The molecule has 18 heavy (non-hydrogen) atoms. The van der Waals surface area contributed by atoms with Crippen molar-refractivity contribution in [3.05, 3.63) is 69.2 Å². The molecule has 2 aromatic rings. The number of carbonyl (C=O) groups excluding carboxylic acids is 1. The van der Waals surface area contributed by atoms with E-state index in [1.807, 2.05) is 0 Å². The monoisotopic (exact) mass is 286 g/mol. The number of benzene rings is 2. The number of halogens is 4. The zero-order valence-corrected chi connectivity index (χ0v) is 10.4. The van der Waals surface area contributed by atoms with Gasteiger partial charge < -0.3 is 0 Å². The summed E-state index contributed by atoms with van der Waals surface area (Å²) >= 11 is 11.3. The Bertz CT molecular complexity index is 606. The minimum Gasteiger partial charge on any atom is -0.288 e. The van der Waals surface area contributed by atoms with Gasteiger partial charge in [-0.05, 0) is 30.3 Å². The third-order valence-corrected chi connectivity index (χ3v) is 2.92. The Balaban J connectivity index is 2.55. The van der Waals surface area contributed by atoms with Crippen LogP contribution in [0.25, 0.3) is 0 Å². The third-order valence-electron chi connectivity index (χ3n) is 2.37. The molecule has 0 aliphatic rings. The van der Waals surface area contributed by atoms with Crippen LogP contribution in [-0.4, -0.2) is 5.78 Å². The van der Waals surface area contributed by atoms with E-state index in [0.29, 0.717) is 0 Å². The molecule has 0 atom stereocenters. The van der Waals surface area contributed by atoms with Crippen molar-refractivity contribution in [2.45, 2.75) is 0 Å². The van der Waals surface area contributed by atoms with Crippen LogP contribution in [0, 0.1) is 11.6 Å². The Hall–Kier alpha value is -1.45. The summed E-state index contributed by atoms with van der Waals surface area (Å²) in [6, 6.07) is 7.37. The topological polar surface area (TPSA) is 17.1 Å². The van der Waals surface area contributed by atoms with Crippen molar-refractivity contribution in [1.82, 2.24) is 0 Å². The van der Waals surface area contributed by atoms with Crippen LogP contribution < -0.4 is 0 Å². The van der Waals surface area contributed by atoms with Crippen LogP contribution in [0.3, 0.4) is 0 Å². The summed E-state index contributed by atoms with van der Waals surface area (Å²) in [6.07, 6.45) is 0. The van der Waals surface area contributed by atoms with Crippen LogP contribution >= 0.6 is 23.2 Å². The van der Waals surface area contributed by atoms with E-state index >= 15 is 0 Å². The van der Waals surface area contributed by atoms with E-state index in [9.17, 15) is 13.6 Å². The first kappa shape index (κ1) is 13.0. The summed E-state index contributed by atoms with van der Waals surface area (Å²) in [5, 5.41) is 0.0954. The second-order valence-corrected chi connectivity index (χ2v) is 4.39. The summed E-state index contributed by atoms with van der Waals surface area (Å²) in [4.78, 5) is 12.0. The standard InChI is InChI=1S/C13H6Cl2F2O/c14-7-4-5-8(11(17)6-7)13(18)12-9(15)2-1-3-10(12)16/h1-6H. The van der Waals surface area contributed by atoms with Gasteiger partial charge in [-0.2, -0.15) is 0 Å². The molecule has 0 amide bonds. The molecule has 0 spiro atoms. The lowest BCUT2D eigenvalue weighted by Crippen LogP contribution is -2.07. The van der Waals surface area contributed by atoms with E-state index in [0.717, 1.165) is 12.1 Å². The van der Waals surface area contributed by atoms with Crippen molar-refractivity contribution in [1.29, 1.82) is 0 Å². The first-order chi connectivity index (χ1) is 8.50. The highest BCUT2D eigenvalue weighted by atomic mass is 35.5. The van der Waals surface area contributed by atoms with E-state index in [2.05, 4.69) is 0 Å². The number of ketones is 1. The fourth-order valence-electron chi connectivity index (χ4n) is 1.52. The Kier molecular flexibility index (Phi) is 3.64. The predicted molar refractivity (Wildman–Crippen MR) is 66.3 cm³/mol. The summed E-state index contributed by atoms with van der Waals surface area (Å²) in [7, 11) is 0. The molecule has 2 rings (SSSR count). The van der Waals surface area contributed by atoms with Gasteiger partial charge in [-0.25, -0.2) is 8.78 Å². The van der Waals surface area contributed by atoms with Gasteiger partial charge in [0.05, 0.1) is 16.1 Å². The Morgan fingerprint density at radius 1 is 1.00 bits per heavy atom. The second-order valence-electron chi connectivity index (χ2n) is 3.55. The first-order valence-electron chi connectivity index (χ1n) is 4.94. The van der Waals surface area contributed by atoms with Crippen LogP contribution in [-0.2, 0) is 0 Å². The molecule has 0 unspecified atom stereocenters. The van der Waals surface area contributed by atoms with Crippen molar-refractivity contribution in [2.75, 3.05) is 0 Å². The molecule has 0 aliphatic carbocycles. The molecule has 0 heterocycles. The molecule has 5 heteroatoms. The second kappa shape index (κ2) is 5.04. The van der Waals surface area contributed by atoms with Gasteiger partial charge in [0.1, 0.15) is 11.6 Å². The summed E-state index contributed by atoms with van der Waals surface area (Å²) in [5.74, 6) is -2.42. The van der Waals surface area contributed by atoms with Gasteiger partial charge in [0.2, 0.25) is 0 Å². The van der Waals surface area contributed by atoms with Gasteiger partial charge in [-0.3, -0.25) is 4.79 Å². The molecule has 0 saturated carbocycles. The molecule has 1 nitrogen and oxygen atoms in total. The van der Waals surface area contributed by atoms with Crippen molar-refractivity contribution < 1.29 is 13.6 Å². The van der Waals surface area contributed by atoms with Crippen LogP contribution in [0.4, 0.5) is 8.78 Å². The summed E-state index contributed by atoms with van der Waals surface area (Å²) in [6.45, 7) is 0. The summed E-state index contributed by atoms with van der Waals surface area (Å²) in [5.41, 5.74) is -0.619. The van der Waals surface area contributed by atoms with Crippen LogP contribution in [0.2, 0.25) is 10.0 Å². The smallest absolute Gasteiger partial charge is 0.200 e. The molecule has 0 saturated heterocycles. The fraction of sp³-hybridized carbons (Fsp3) is 0. The minimum atomic E-state index is -0.813. The van der Waals surface area contributed by atoms with Crippen molar-refractivity contribution in [3.8, 4) is 0 Å². The molecule has 0 fully saturated rings. The van der Waals surface area contributed by atoms with E-state index in [-0.39, 0.29) is 21.2 Å². The maximum atomic E-state index is 13.6. The Morgan fingerprint density at radius 3 is 2.33 bits per heavy atom. The van der Waals surface area contributed by atoms with Crippen molar-refractivity contribution >= 4 is 29.0 Å². The molecular weight excluding hydrogens is 281 g/mol. The van der Waals surface area contributed by atoms with Crippen molar-refractivity contribution in [3.63, 3.8) is 0 Å². The van der Waals surface area contributed by atoms with Gasteiger partial charge in [0.15, 0.2) is 5.78 Å². The predicted octanol–water partition coefficient (Wildman–Crippen LogP) is 4.50. The lowest BCUT2D eigenvalue weighted by atomic mass is 10.0. The molecule has 0 N–H and O–H groups in total. The number of carbonyl (C=O) groups is 1. The Labute approximate surface area is 112 Å². The SMILES string of the molecule is O=C(c1ccc(Cl)cc1F)c1c(F)cccc1Cl. The van der Waals surface area contributed by atoms with Gasteiger partial charge in [-0.15, -0.1) is 0 Å². The number of hydrogen-bond donors (Lipinski definition) is 0. The van der Waals surface area contributed by atoms with Crippen molar-refractivity contribution in [2.24, 2.45) is 0 Å². The molecule has 0 aromatic heterocycles. The van der Waals surface area contributed by atoms with E-state index in [1.54, 1.807) is 0 Å². The van der Waals surface area contributed by atoms with E-state index in [4.69, 9.17) is 23.2 Å². The van der Waals surface area contributed by atoms with Gasteiger partial charge in [-0.1, -0.05) is 29.3 Å². The highest BCUT2D eigenvalue weighted by molar-refractivity contribution is 6.35.